The van der Waals surface area contributed by atoms with Gasteiger partial charge in [-0.1, -0.05) is 11.6 Å². The van der Waals surface area contributed by atoms with E-state index in [1.807, 2.05) is 0 Å². The fraction of sp³-hybridized carbons (Fsp3) is 0.350. The van der Waals surface area contributed by atoms with Crippen molar-refractivity contribution in [1.82, 2.24) is 9.03 Å². The van der Waals surface area contributed by atoms with Crippen LogP contribution in [0.15, 0.2) is 30.3 Å². The number of amides is 1. The first-order valence-corrected chi connectivity index (χ1v) is 11.5. The average molecular weight is 472 g/mol. The standard InChI is InChI=1S/C20H20ClF2N3O4S/c21-15-11-12(1-4-16(15)22)24-20(27)14-2-5-17(23)19-13(14)3-6-18(19)25-31(28,29)26-7-9-30-10-8-26/h1-2,4-5,11,18,25H,3,6-10H2,(H,24,27)/t18-/m0/s1. The highest BCUT2D eigenvalue weighted by molar-refractivity contribution is 7.87. The molecule has 0 unspecified atom stereocenters. The Balaban J connectivity index is 1.57. The molecule has 4 rings (SSSR count). The van der Waals surface area contributed by atoms with Gasteiger partial charge in [-0.3, -0.25) is 4.79 Å². The summed E-state index contributed by atoms with van der Waals surface area (Å²) in [6.45, 7) is 1.04. The van der Waals surface area contributed by atoms with E-state index in [-0.39, 0.29) is 34.9 Å². The summed E-state index contributed by atoms with van der Waals surface area (Å²) in [6, 6.07) is 5.49. The number of carbonyl (C=O) groups is 1. The first-order chi connectivity index (χ1) is 14.8. The van der Waals surface area contributed by atoms with Crippen molar-refractivity contribution >= 4 is 33.4 Å². The zero-order chi connectivity index (χ0) is 22.2. The molecular formula is C20H20ClF2N3O4S. The lowest BCUT2D eigenvalue weighted by Crippen LogP contribution is -2.47. The minimum absolute atomic E-state index is 0.139. The van der Waals surface area contributed by atoms with E-state index in [0.29, 0.717) is 31.6 Å². The molecule has 1 fully saturated rings. The highest BCUT2D eigenvalue weighted by Gasteiger charge is 2.35. The molecule has 0 spiro atoms. The van der Waals surface area contributed by atoms with E-state index in [1.54, 1.807) is 0 Å². The zero-order valence-electron chi connectivity index (χ0n) is 16.3. The molecule has 1 saturated heterocycles. The summed E-state index contributed by atoms with van der Waals surface area (Å²) in [4.78, 5) is 12.8. The first kappa shape index (κ1) is 22.1. The average Bonchev–Trinajstić information content (AvgIpc) is 3.15. The molecule has 1 heterocycles. The maximum absolute atomic E-state index is 14.7. The molecule has 7 nitrogen and oxygen atoms in total. The number of hydrogen-bond donors (Lipinski definition) is 2. The zero-order valence-corrected chi connectivity index (χ0v) is 17.9. The van der Waals surface area contributed by atoms with Gasteiger partial charge in [-0.2, -0.15) is 17.4 Å². The molecule has 11 heteroatoms. The van der Waals surface area contributed by atoms with E-state index in [0.717, 1.165) is 12.1 Å². The molecule has 0 radical (unpaired) electrons. The molecule has 1 aliphatic carbocycles. The van der Waals surface area contributed by atoms with E-state index in [2.05, 4.69) is 10.0 Å². The van der Waals surface area contributed by atoms with Crippen molar-refractivity contribution in [1.29, 1.82) is 0 Å². The van der Waals surface area contributed by atoms with Crippen LogP contribution in [0, 0.1) is 11.6 Å². The fourth-order valence-corrected chi connectivity index (χ4v) is 5.41. The van der Waals surface area contributed by atoms with Gasteiger partial charge in [0.05, 0.1) is 24.3 Å². The summed E-state index contributed by atoms with van der Waals surface area (Å²) in [5, 5.41) is 2.48. The van der Waals surface area contributed by atoms with E-state index in [4.69, 9.17) is 16.3 Å². The number of carbonyl (C=O) groups excluding carboxylic acids is 1. The SMILES string of the molecule is O=C(Nc1ccc(F)c(Cl)c1)c1ccc(F)c2c1CC[C@@H]2NS(=O)(=O)N1CCOCC1. The number of nitrogens with zero attached hydrogens (tertiary/aromatic N) is 1. The normalized spacial score (nSPS) is 19.3. The Morgan fingerprint density at radius 3 is 2.55 bits per heavy atom. The first-order valence-electron chi connectivity index (χ1n) is 9.69. The summed E-state index contributed by atoms with van der Waals surface area (Å²) in [5.41, 5.74) is 1.13. The number of halogens is 3. The number of morpholine rings is 1. The Morgan fingerprint density at radius 2 is 1.84 bits per heavy atom. The molecule has 2 N–H and O–H groups in total. The monoisotopic (exact) mass is 471 g/mol. The number of nitrogens with one attached hydrogen (secondary N) is 2. The lowest BCUT2D eigenvalue weighted by molar-refractivity contribution is 0.0723. The smallest absolute Gasteiger partial charge is 0.280 e. The molecule has 166 valence electrons. The van der Waals surface area contributed by atoms with Gasteiger partial charge in [0.1, 0.15) is 11.6 Å². The van der Waals surface area contributed by atoms with Gasteiger partial charge in [-0.25, -0.2) is 8.78 Å². The van der Waals surface area contributed by atoms with Crippen LogP contribution in [-0.2, 0) is 21.4 Å². The highest BCUT2D eigenvalue weighted by Crippen LogP contribution is 2.36. The fourth-order valence-electron chi connectivity index (χ4n) is 3.86. The molecule has 1 aliphatic heterocycles. The van der Waals surface area contributed by atoms with Gasteiger partial charge in [-0.15, -0.1) is 0 Å². The topological polar surface area (TPSA) is 87.7 Å². The van der Waals surface area contributed by atoms with Crippen molar-refractivity contribution in [3.8, 4) is 0 Å². The minimum atomic E-state index is -3.83. The van der Waals surface area contributed by atoms with Gasteiger partial charge in [0.2, 0.25) is 0 Å². The second kappa shape index (κ2) is 8.79. The lowest BCUT2D eigenvalue weighted by atomic mass is 10.0. The van der Waals surface area contributed by atoms with Crippen LogP contribution >= 0.6 is 11.6 Å². The van der Waals surface area contributed by atoms with Gasteiger partial charge in [0.25, 0.3) is 16.1 Å². The van der Waals surface area contributed by atoms with Crippen LogP contribution in [0.5, 0.6) is 0 Å². The predicted molar refractivity (Wildman–Crippen MR) is 111 cm³/mol. The molecule has 2 aromatic rings. The molecule has 0 saturated carbocycles. The van der Waals surface area contributed by atoms with Crippen molar-refractivity contribution in [2.45, 2.75) is 18.9 Å². The maximum atomic E-state index is 14.7. The van der Waals surface area contributed by atoms with Crippen LogP contribution < -0.4 is 10.0 Å². The minimum Gasteiger partial charge on any atom is -0.379 e. The van der Waals surface area contributed by atoms with Crippen LogP contribution in [0.1, 0.15) is 33.9 Å². The summed E-state index contributed by atoms with van der Waals surface area (Å²) in [5.74, 6) is -1.71. The second-order valence-corrected chi connectivity index (χ2v) is 9.41. The number of ether oxygens (including phenoxy) is 1. The number of benzene rings is 2. The van der Waals surface area contributed by atoms with Crippen molar-refractivity contribution in [3.05, 3.63) is 63.7 Å². The van der Waals surface area contributed by atoms with Crippen LogP contribution in [-0.4, -0.2) is 44.9 Å². The van der Waals surface area contributed by atoms with Gasteiger partial charge in [0.15, 0.2) is 0 Å². The molecule has 0 aromatic heterocycles. The van der Waals surface area contributed by atoms with Crippen molar-refractivity contribution < 1.29 is 26.7 Å². The summed E-state index contributed by atoms with van der Waals surface area (Å²) in [7, 11) is -3.83. The third-order valence-electron chi connectivity index (χ3n) is 5.36. The molecule has 1 amide bonds. The molecule has 31 heavy (non-hydrogen) atoms. The molecule has 2 aromatic carbocycles. The summed E-state index contributed by atoms with van der Waals surface area (Å²) < 4.78 is 62.4. The van der Waals surface area contributed by atoms with Gasteiger partial charge < -0.3 is 10.1 Å². The third-order valence-corrected chi connectivity index (χ3v) is 7.28. The largest absolute Gasteiger partial charge is 0.379 e. The maximum Gasteiger partial charge on any atom is 0.280 e. The summed E-state index contributed by atoms with van der Waals surface area (Å²) in [6.07, 6.45) is 0.652. The van der Waals surface area contributed by atoms with Gasteiger partial charge >= 0.3 is 0 Å². The third kappa shape index (κ3) is 4.58. The Kier molecular flexibility index (Phi) is 6.27. The van der Waals surface area contributed by atoms with Crippen molar-refractivity contribution in [2.24, 2.45) is 0 Å². The van der Waals surface area contributed by atoms with E-state index in [9.17, 15) is 22.0 Å². The lowest BCUT2D eigenvalue weighted by Gasteiger charge is -2.28. The van der Waals surface area contributed by atoms with Gasteiger partial charge in [-0.05, 0) is 48.7 Å². The van der Waals surface area contributed by atoms with Crippen molar-refractivity contribution in [2.75, 3.05) is 31.6 Å². The molecule has 0 bridgehead atoms. The molecule has 2 aliphatic rings. The van der Waals surface area contributed by atoms with Crippen LogP contribution in [0.4, 0.5) is 14.5 Å². The summed E-state index contributed by atoms with van der Waals surface area (Å²) >= 11 is 5.75. The second-order valence-electron chi connectivity index (χ2n) is 7.30. The van der Waals surface area contributed by atoms with Crippen LogP contribution in [0.25, 0.3) is 0 Å². The number of rotatable bonds is 5. The Hall–Kier alpha value is -2.11. The van der Waals surface area contributed by atoms with E-state index >= 15 is 0 Å². The van der Waals surface area contributed by atoms with E-state index in [1.165, 1.54) is 22.5 Å². The number of hydrogen-bond acceptors (Lipinski definition) is 4. The number of fused-ring (bicyclic) bond motifs is 1. The van der Waals surface area contributed by atoms with E-state index < -0.39 is 33.8 Å². The highest BCUT2D eigenvalue weighted by atomic mass is 35.5. The van der Waals surface area contributed by atoms with Crippen LogP contribution in [0.3, 0.4) is 0 Å². The Labute approximate surface area is 183 Å². The Bertz CT molecular complexity index is 1120. The molecular weight excluding hydrogens is 452 g/mol. The van der Waals surface area contributed by atoms with Gasteiger partial charge in [0, 0.05) is 29.9 Å². The predicted octanol–water partition coefficient (Wildman–Crippen LogP) is 3.02. The number of anilines is 1. The molecule has 1 atom stereocenters. The Morgan fingerprint density at radius 1 is 1.13 bits per heavy atom. The quantitative estimate of drug-likeness (QED) is 0.701. The van der Waals surface area contributed by atoms with Crippen molar-refractivity contribution in [3.63, 3.8) is 0 Å². The van der Waals surface area contributed by atoms with Crippen LogP contribution in [0.2, 0.25) is 5.02 Å².